The van der Waals surface area contributed by atoms with Crippen molar-refractivity contribution < 1.29 is 37.5 Å². The molecule has 0 saturated heterocycles. The van der Waals surface area contributed by atoms with Crippen LogP contribution in [0.15, 0.2) is 0 Å². The van der Waals surface area contributed by atoms with Crippen LogP contribution in [-0.2, 0) is 0 Å². The van der Waals surface area contributed by atoms with Gasteiger partial charge in [0.1, 0.15) is 0 Å². The van der Waals surface area contributed by atoms with Gasteiger partial charge in [0.05, 0.1) is 0 Å². The second kappa shape index (κ2) is 11.1. The summed E-state index contributed by atoms with van der Waals surface area (Å²) in [5.41, 5.74) is 0. The van der Waals surface area contributed by atoms with Crippen molar-refractivity contribution in [1.29, 1.82) is 0 Å². The molecule has 0 heterocycles. The number of rotatable bonds is 6. The summed E-state index contributed by atoms with van der Waals surface area (Å²) in [6.45, 7) is 14.0. The van der Waals surface area contributed by atoms with Gasteiger partial charge in [0.2, 0.25) is 0 Å². The summed E-state index contributed by atoms with van der Waals surface area (Å²) in [6.07, 6.45) is 0. The molecule has 4 heteroatoms. The third kappa shape index (κ3) is 7.41. The Morgan fingerprint density at radius 3 is 1.17 bits per heavy atom. The van der Waals surface area contributed by atoms with Crippen LogP contribution in [0.1, 0.15) is 27.7 Å². The van der Waals surface area contributed by atoms with Gasteiger partial charge in [-0.2, -0.15) is 0 Å². The topological polar surface area (TPSA) is 6.48 Å². The number of hydrogen-bond donors (Lipinski definition) is 0. The minimum Gasteiger partial charge on any atom is -0.107 e. The molecule has 0 bridgehead atoms. The van der Waals surface area contributed by atoms with E-state index in [0.29, 0.717) is 0 Å². The minimum atomic E-state index is -0.582. The molecule has 0 aliphatic heterocycles. The van der Waals surface area contributed by atoms with Gasteiger partial charge in [0.15, 0.2) is 0 Å². The van der Waals surface area contributed by atoms with Crippen LogP contribution in [0, 0.1) is 37.5 Å². The second-order valence-electron chi connectivity index (χ2n) is 2.44. The Balaban J connectivity index is 0. The molecule has 0 atom stereocenters. The van der Waals surface area contributed by atoms with E-state index in [1.54, 1.807) is 0 Å². The van der Waals surface area contributed by atoms with Gasteiger partial charge in [-0.15, -0.1) is 24.0 Å². The fraction of sp³-hybridized carbons (Fsp3) is 1.00. The molecule has 0 N–H and O–H groups in total. The maximum absolute atomic E-state index is 2.63. The van der Waals surface area contributed by atoms with E-state index in [-0.39, 0.29) is 24.0 Å². The molecule has 0 aliphatic carbocycles. The molecule has 0 aromatic carbocycles. The second-order valence-corrected chi connectivity index (χ2v) is 7.14. The summed E-state index contributed by atoms with van der Waals surface area (Å²) >= 11 is -0.582. The summed E-state index contributed by atoms with van der Waals surface area (Å²) in [4.78, 5) is 0. The van der Waals surface area contributed by atoms with Gasteiger partial charge in [-0.25, -0.2) is 0 Å². The van der Waals surface area contributed by atoms with Gasteiger partial charge in [-0.1, -0.05) is 0 Å². The molecule has 0 aliphatic rings. The third-order valence-electron chi connectivity index (χ3n) is 1.81. The van der Waals surface area contributed by atoms with Crippen molar-refractivity contribution in [2.24, 2.45) is 0 Å². The zero-order valence-electron chi connectivity index (χ0n) is 8.63. The molecule has 0 rings (SSSR count). The van der Waals surface area contributed by atoms with Crippen LogP contribution in [0.5, 0.6) is 0 Å². The monoisotopic (exact) mass is 414 g/mol. The molecular formula is C8H21IN2Nd. The van der Waals surface area contributed by atoms with E-state index in [9.17, 15) is 0 Å². The van der Waals surface area contributed by atoms with E-state index in [0.717, 1.165) is 0 Å². The fourth-order valence-electron chi connectivity index (χ4n) is 0.930. The van der Waals surface area contributed by atoms with Gasteiger partial charge in [0, 0.05) is 0 Å². The molecule has 0 aromatic heterocycles. The summed E-state index contributed by atoms with van der Waals surface area (Å²) in [5, 5.41) is 0. The maximum Gasteiger partial charge on any atom is -0.107 e. The first-order valence-electron chi connectivity index (χ1n) is 4.54. The van der Waals surface area contributed by atoms with Crippen molar-refractivity contribution in [3.8, 4) is 0 Å². The fourth-order valence-corrected chi connectivity index (χ4v) is 4.03. The zero-order valence-corrected chi connectivity index (χ0v) is 14.2. The van der Waals surface area contributed by atoms with Crippen molar-refractivity contribution in [2.75, 3.05) is 26.2 Å². The standard InChI is InChI=1S/2C4H10N.HI.Nd/c2*1-3-5-4-2;;/h2*3-4H2,1-2H3;1H;/q2*-1;;+2. The quantitative estimate of drug-likeness (QED) is 0.613. The van der Waals surface area contributed by atoms with E-state index in [1.807, 2.05) is 0 Å². The molecular weight excluding hydrogens is 395 g/mol. The average Bonchev–Trinajstić information content (AvgIpc) is 2.07. The Morgan fingerprint density at radius 2 is 1.00 bits per heavy atom. The normalized spacial score (nSPS) is 10.2. The summed E-state index contributed by atoms with van der Waals surface area (Å²) < 4.78 is 5.26. The van der Waals surface area contributed by atoms with E-state index in [1.165, 1.54) is 26.2 Å². The maximum atomic E-state index is 2.63. The molecule has 0 amide bonds. The molecule has 0 fully saturated rings. The summed E-state index contributed by atoms with van der Waals surface area (Å²) in [7, 11) is 0. The van der Waals surface area contributed by atoms with E-state index in [2.05, 4.69) is 29.7 Å². The number of hydrogen-bond acceptors (Lipinski definition) is 2. The molecule has 0 spiro atoms. The molecule has 0 aromatic rings. The number of nitrogens with zero attached hydrogens (tertiary/aromatic N) is 2. The van der Waals surface area contributed by atoms with Crippen LogP contribution < -0.4 is 0 Å². The molecule has 0 saturated carbocycles. The first kappa shape index (κ1) is 16.4. The smallest absolute Gasteiger partial charge is 0.107 e. The van der Waals surface area contributed by atoms with Crippen LogP contribution >= 0.6 is 24.0 Å². The molecule has 74 valence electrons. The summed E-state index contributed by atoms with van der Waals surface area (Å²) in [5.74, 6) is 0. The Hall–Kier alpha value is 2.00. The van der Waals surface area contributed by atoms with Crippen LogP contribution in [0.4, 0.5) is 0 Å². The van der Waals surface area contributed by atoms with Crippen LogP contribution in [0.2, 0.25) is 0 Å². The van der Waals surface area contributed by atoms with Crippen molar-refractivity contribution in [1.82, 2.24) is 1.97 Å². The van der Waals surface area contributed by atoms with Gasteiger partial charge in [-0.3, -0.25) is 0 Å². The average molecular weight is 416 g/mol. The predicted octanol–water partition coefficient (Wildman–Crippen LogP) is 2.20. The van der Waals surface area contributed by atoms with Gasteiger partial charge >= 0.3 is 93.3 Å². The Morgan fingerprint density at radius 1 is 0.750 bits per heavy atom. The van der Waals surface area contributed by atoms with E-state index in [4.69, 9.17) is 0 Å². The molecule has 12 heavy (non-hydrogen) atoms. The predicted molar refractivity (Wildman–Crippen MR) is 61.3 cm³/mol. The third-order valence-corrected chi connectivity index (χ3v) is 7.68. The Labute approximate surface area is 116 Å². The molecule has 2 nitrogen and oxygen atoms in total. The largest absolute Gasteiger partial charge is 0.107 e. The van der Waals surface area contributed by atoms with Crippen LogP contribution in [0.3, 0.4) is 0 Å². The van der Waals surface area contributed by atoms with Crippen molar-refractivity contribution in [2.45, 2.75) is 27.7 Å². The van der Waals surface area contributed by atoms with Gasteiger partial charge in [-0.05, 0) is 0 Å². The van der Waals surface area contributed by atoms with Crippen LogP contribution in [0.25, 0.3) is 0 Å². The van der Waals surface area contributed by atoms with E-state index < -0.39 is 37.5 Å². The molecule has 0 unspecified atom stereocenters. The first-order chi connectivity index (χ1) is 5.28. The SMILES string of the molecule is CC[N](CC)[Nd][N](CC)CC.I. The zero-order chi connectivity index (χ0) is 8.69. The van der Waals surface area contributed by atoms with Crippen molar-refractivity contribution in [3.63, 3.8) is 0 Å². The Kier molecular flexibility index (Phi) is 15.2. The van der Waals surface area contributed by atoms with Crippen molar-refractivity contribution in [3.05, 3.63) is 0 Å². The van der Waals surface area contributed by atoms with Gasteiger partial charge in [0.25, 0.3) is 0 Å². The van der Waals surface area contributed by atoms with Crippen molar-refractivity contribution >= 4 is 24.0 Å². The molecule has 0 radical (unpaired) electrons. The van der Waals surface area contributed by atoms with Crippen LogP contribution in [-0.4, -0.2) is 28.1 Å². The number of halogens is 1. The van der Waals surface area contributed by atoms with E-state index >= 15 is 0 Å². The minimum absolute atomic E-state index is 0. The summed E-state index contributed by atoms with van der Waals surface area (Å²) in [6, 6.07) is 0. The Bertz CT molecular complexity index is 75.1. The van der Waals surface area contributed by atoms with Gasteiger partial charge < -0.3 is 0 Å². The first-order valence-corrected chi connectivity index (χ1v) is 7.41.